The van der Waals surface area contributed by atoms with Crippen molar-refractivity contribution < 1.29 is 4.74 Å². The third kappa shape index (κ3) is 3.80. The average molecular weight is 565 g/mol. The number of nitrogens with zero attached hydrogens (tertiary/aromatic N) is 4. The molecule has 0 fully saturated rings. The molecule has 8 rings (SSSR count). The van der Waals surface area contributed by atoms with Gasteiger partial charge < -0.3 is 14.5 Å². The molecule has 0 saturated carbocycles. The minimum atomic E-state index is -0.140. The molecule has 0 radical (unpaired) electrons. The van der Waals surface area contributed by atoms with Crippen LogP contribution in [0.25, 0.3) is 27.6 Å². The molecule has 4 heterocycles. The molecule has 0 unspecified atom stereocenters. The summed E-state index contributed by atoms with van der Waals surface area (Å²) < 4.78 is 9.07. The van der Waals surface area contributed by atoms with Crippen molar-refractivity contribution in [2.75, 3.05) is 23.5 Å². The van der Waals surface area contributed by atoms with Crippen molar-refractivity contribution in [2.24, 2.45) is 0 Å². The predicted molar refractivity (Wildman–Crippen MR) is 178 cm³/mol. The van der Waals surface area contributed by atoms with E-state index in [-0.39, 0.29) is 10.8 Å². The topological polar surface area (TPSA) is 33.5 Å². The van der Waals surface area contributed by atoms with Crippen LogP contribution in [0.2, 0.25) is 0 Å². The van der Waals surface area contributed by atoms with Crippen molar-refractivity contribution in [1.29, 1.82) is 0 Å². The van der Waals surface area contributed by atoms with E-state index in [1.54, 1.807) is 0 Å². The second-order valence-corrected chi connectivity index (χ2v) is 13.5. The number of benzene rings is 4. The summed E-state index contributed by atoms with van der Waals surface area (Å²) in [5, 5.41) is 2.46. The zero-order valence-corrected chi connectivity index (χ0v) is 25.6. The zero-order valence-electron chi connectivity index (χ0n) is 25.6. The molecular formula is C38H36N4O. The van der Waals surface area contributed by atoms with E-state index in [9.17, 15) is 0 Å². The number of para-hydroxylation sites is 3. The smallest absolute Gasteiger partial charge is 0.141 e. The van der Waals surface area contributed by atoms with Crippen molar-refractivity contribution >= 4 is 38.9 Å². The molecule has 0 N–H and O–H groups in total. The lowest BCUT2D eigenvalue weighted by molar-refractivity contribution is 0.479. The van der Waals surface area contributed by atoms with E-state index < -0.39 is 0 Å². The number of anilines is 3. The van der Waals surface area contributed by atoms with Gasteiger partial charge in [-0.15, -0.1) is 0 Å². The Labute approximate surface area is 253 Å². The first kappa shape index (κ1) is 25.9. The van der Waals surface area contributed by atoms with Gasteiger partial charge in [0.05, 0.1) is 29.1 Å². The molecule has 0 bridgehead atoms. The summed E-state index contributed by atoms with van der Waals surface area (Å²) in [6.07, 6.45) is 1.90. The maximum Gasteiger partial charge on any atom is 0.141 e. The highest BCUT2D eigenvalue weighted by atomic mass is 16.5. The number of pyridine rings is 1. The summed E-state index contributed by atoms with van der Waals surface area (Å²) in [5.74, 6) is 2.65. The lowest BCUT2D eigenvalue weighted by Gasteiger charge is -2.33. The third-order valence-corrected chi connectivity index (χ3v) is 9.35. The van der Waals surface area contributed by atoms with Gasteiger partial charge in [0.25, 0.3) is 0 Å². The molecule has 2 aliphatic heterocycles. The second kappa shape index (κ2) is 8.87. The molecule has 214 valence electrons. The summed E-state index contributed by atoms with van der Waals surface area (Å²) in [6, 6.07) is 32.7. The van der Waals surface area contributed by atoms with Crippen LogP contribution in [0.4, 0.5) is 17.1 Å². The Morgan fingerprint density at radius 3 is 2.37 bits per heavy atom. The Morgan fingerprint density at radius 1 is 0.767 bits per heavy atom. The normalized spacial score (nSPS) is 15.2. The minimum absolute atomic E-state index is 0.0365. The van der Waals surface area contributed by atoms with Gasteiger partial charge in [-0.2, -0.15) is 0 Å². The zero-order chi connectivity index (χ0) is 29.7. The van der Waals surface area contributed by atoms with Crippen LogP contribution in [-0.2, 0) is 10.8 Å². The SMILES string of the molecule is CN1CN(c2cc(Oc3ccc4c5cccc6c5n(c4c3)-c3ncccc3C6(C)C)cc(C(C)(C)C)c2)c2ccccc21. The van der Waals surface area contributed by atoms with Gasteiger partial charge in [0.1, 0.15) is 17.3 Å². The number of rotatable bonds is 3. The highest BCUT2D eigenvalue weighted by Crippen LogP contribution is 2.48. The Hall–Kier alpha value is -4.77. The highest BCUT2D eigenvalue weighted by molar-refractivity contribution is 6.11. The van der Waals surface area contributed by atoms with Crippen LogP contribution in [0.3, 0.4) is 0 Å². The van der Waals surface area contributed by atoms with Gasteiger partial charge in [0, 0.05) is 52.8 Å². The predicted octanol–water partition coefficient (Wildman–Crippen LogP) is 9.45. The minimum Gasteiger partial charge on any atom is -0.457 e. The molecule has 0 saturated heterocycles. The van der Waals surface area contributed by atoms with Crippen LogP contribution in [0, 0.1) is 0 Å². The Balaban J connectivity index is 1.28. The van der Waals surface area contributed by atoms with Crippen LogP contribution in [0.15, 0.2) is 97.2 Å². The van der Waals surface area contributed by atoms with Crippen LogP contribution < -0.4 is 14.5 Å². The van der Waals surface area contributed by atoms with E-state index in [4.69, 9.17) is 9.72 Å². The third-order valence-electron chi connectivity index (χ3n) is 9.35. The molecule has 6 aromatic rings. The number of ether oxygens (including phenoxy) is 1. The van der Waals surface area contributed by atoms with Crippen LogP contribution in [-0.4, -0.2) is 23.3 Å². The fourth-order valence-corrected chi connectivity index (χ4v) is 7.01. The number of hydrogen-bond donors (Lipinski definition) is 0. The fourth-order valence-electron chi connectivity index (χ4n) is 7.01. The first-order valence-electron chi connectivity index (χ1n) is 15.1. The molecular weight excluding hydrogens is 528 g/mol. The summed E-state index contributed by atoms with van der Waals surface area (Å²) >= 11 is 0. The molecule has 0 spiro atoms. The van der Waals surface area contributed by atoms with Gasteiger partial charge >= 0.3 is 0 Å². The number of aromatic nitrogens is 2. The largest absolute Gasteiger partial charge is 0.457 e. The molecule has 4 aromatic carbocycles. The lowest BCUT2D eigenvalue weighted by Crippen LogP contribution is -2.26. The molecule has 2 aromatic heterocycles. The van der Waals surface area contributed by atoms with Gasteiger partial charge in [-0.3, -0.25) is 4.57 Å². The molecule has 5 nitrogen and oxygen atoms in total. The quantitative estimate of drug-likeness (QED) is 0.214. The van der Waals surface area contributed by atoms with Gasteiger partial charge in [-0.05, 0) is 59.0 Å². The molecule has 0 aliphatic carbocycles. The van der Waals surface area contributed by atoms with E-state index in [0.717, 1.165) is 35.2 Å². The summed E-state index contributed by atoms with van der Waals surface area (Å²) in [6.45, 7) is 12.2. The number of hydrogen-bond acceptors (Lipinski definition) is 4. The van der Waals surface area contributed by atoms with Crippen LogP contribution in [0.1, 0.15) is 51.3 Å². The highest BCUT2D eigenvalue weighted by Gasteiger charge is 2.35. The molecule has 43 heavy (non-hydrogen) atoms. The van der Waals surface area contributed by atoms with Gasteiger partial charge in [0.2, 0.25) is 0 Å². The first-order chi connectivity index (χ1) is 20.6. The van der Waals surface area contributed by atoms with Crippen molar-refractivity contribution in [3.63, 3.8) is 0 Å². The molecule has 2 aliphatic rings. The maximum atomic E-state index is 6.74. The second-order valence-electron chi connectivity index (χ2n) is 13.5. The van der Waals surface area contributed by atoms with E-state index in [2.05, 4.69) is 141 Å². The van der Waals surface area contributed by atoms with Crippen LogP contribution in [0.5, 0.6) is 11.5 Å². The van der Waals surface area contributed by atoms with Gasteiger partial charge in [0.15, 0.2) is 0 Å². The average Bonchev–Trinajstić information content (AvgIpc) is 3.50. The summed E-state index contributed by atoms with van der Waals surface area (Å²) in [4.78, 5) is 9.57. The van der Waals surface area contributed by atoms with Gasteiger partial charge in [-0.1, -0.05) is 71.0 Å². The molecule has 0 amide bonds. The van der Waals surface area contributed by atoms with Crippen molar-refractivity contribution in [2.45, 2.75) is 45.4 Å². The van der Waals surface area contributed by atoms with Crippen molar-refractivity contribution in [1.82, 2.24) is 9.55 Å². The van der Waals surface area contributed by atoms with E-state index >= 15 is 0 Å². The van der Waals surface area contributed by atoms with E-state index in [1.807, 2.05) is 12.3 Å². The maximum absolute atomic E-state index is 6.74. The number of fused-ring (bicyclic) bond motifs is 6. The summed E-state index contributed by atoms with van der Waals surface area (Å²) in [5.41, 5.74) is 9.55. The molecule has 5 heteroatoms. The Kier molecular flexibility index (Phi) is 5.34. The van der Waals surface area contributed by atoms with Crippen molar-refractivity contribution in [3.05, 3.63) is 114 Å². The van der Waals surface area contributed by atoms with Gasteiger partial charge in [-0.25, -0.2) is 4.98 Å². The Bertz CT molecular complexity index is 2080. The summed E-state index contributed by atoms with van der Waals surface area (Å²) in [7, 11) is 2.15. The standard InChI is InChI=1S/C38H36N4O/c1-37(2,3)24-19-25(41-23-40(6)32-14-7-8-15-33(32)41)21-27(20-24)43-26-16-17-28-29-11-9-12-30-35(29)42(34(28)22-26)36-31(38(30,4)5)13-10-18-39-36/h7-22H,23H2,1-6H3. The van der Waals surface area contributed by atoms with E-state index in [0.29, 0.717) is 0 Å². The van der Waals surface area contributed by atoms with E-state index in [1.165, 1.54) is 44.4 Å². The fraction of sp³-hybridized carbons (Fsp3) is 0.237. The first-order valence-corrected chi connectivity index (χ1v) is 15.1. The molecule has 0 atom stereocenters. The lowest BCUT2D eigenvalue weighted by atomic mass is 9.76. The Morgan fingerprint density at radius 2 is 1.56 bits per heavy atom. The van der Waals surface area contributed by atoms with Crippen LogP contribution >= 0.6 is 0 Å². The van der Waals surface area contributed by atoms with Crippen molar-refractivity contribution in [3.8, 4) is 17.3 Å². The monoisotopic (exact) mass is 564 g/mol.